The van der Waals surface area contributed by atoms with Gasteiger partial charge in [0, 0.05) is 43.4 Å². The second-order valence-electron chi connectivity index (χ2n) is 5.86. The van der Waals surface area contributed by atoms with E-state index in [-0.39, 0.29) is 11.8 Å². The van der Waals surface area contributed by atoms with Crippen LogP contribution in [-0.2, 0) is 11.3 Å². The molecule has 0 saturated heterocycles. The predicted molar refractivity (Wildman–Crippen MR) is 104 cm³/mol. The van der Waals surface area contributed by atoms with Crippen molar-refractivity contribution in [3.05, 3.63) is 78.2 Å². The van der Waals surface area contributed by atoms with Crippen LogP contribution in [0.3, 0.4) is 0 Å². The molecular weight excluding hydrogens is 342 g/mol. The number of nitrogens with zero attached hydrogens (tertiary/aromatic N) is 2. The van der Waals surface area contributed by atoms with E-state index < -0.39 is 0 Å². The minimum atomic E-state index is -0.196. The molecule has 0 unspecified atom stereocenters. The van der Waals surface area contributed by atoms with Gasteiger partial charge >= 0.3 is 0 Å². The van der Waals surface area contributed by atoms with Crippen molar-refractivity contribution in [1.82, 2.24) is 15.3 Å². The molecule has 2 aromatic heterocycles. The zero-order valence-electron chi connectivity index (χ0n) is 14.8. The molecule has 0 aliphatic carbocycles. The van der Waals surface area contributed by atoms with Gasteiger partial charge in [-0.15, -0.1) is 0 Å². The minimum absolute atomic E-state index is 0.132. The van der Waals surface area contributed by atoms with E-state index in [1.54, 1.807) is 36.7 Å². The molecule has 0 radical (unpaired) electrons. The summed E-state index contributed by atoms with van der Waals surface area (Å²) in [7, 11) is 0. The van der Waals surface area contributed by atoms with Crippen LogP contribution in [0.5, 0.6) is 0 Å². The number of benzene rings is 1. The lowest BCUT2D eigenvalue weighted by molar-refractivity contribution is -0.114. The van der Waals surface area contributed by atoms with E-state index in [1.807, 2.05) is 24.3 Å². The van der Waals surface area contributed by atoms with Gasteiger partial charge in [-0.05, 0) is 48.0 Å². The van der Waals surface area contributed by atoms with Gasteiger partial charge in [-0.25, -0.2) is 4.98 Å². The summed E-state index contributed by atoms with van der Waals surface area (Å²) < 4.78 is 0. The molecule has 0 fully saturated rings. The van der Waals surface area contributed by atoms with Crippen LogP contribution in [0.4, 0.5) is 17.2 Å². The molecule has 0 aliphatic rings. The Labute approximate surface area is 156 Å². The topological polar surface area (TPSA) is 96.0 Å². The fourth-order valence-electron chi connectivity index (χ4n) is 2.41. The second-order valence-corrected chi connectivity index (χ2v) is 5.86. The summed E-state index contributed by atoms with van der Waals surface area (Å²) in [5.74, 6) is 0.270. The summed E-state index contributed by atoms with van der Waals surface area (Å²) in [6, 6.07) is 14.4. The Hall–Kier alpha value is -3.74. The Morgan fingerprint density at radius 1 is 1.00 bits per heavy atom. The lowest BCUT2D eigenvalue weighted by Crippen LogP contribution is -2.22. The predicted octanol–water partition coefficient (Wildman–Crippen LogP) is 3.11. The first-order valence-electron chi connectivity index (χ1n) is 8.38. The lowest BCUT2D eigenvalue weighted by atomic mass is 10.2. The molecule has 2 heterocycles. The van der Waals surface area contributed by atoms with Gasteiger partial charge in [0.25, 0.3) is 5.91 Å². The summed E-state index contributed by atoms with van der Waals surface area (Å²) in [6.07, 6.45) is 4.89. The Balaban J connectivity index is 1.60. The normalized spacial score (nSPS) is 10.1. The van der Waals surface area contributed by atoms with E-state index in [1.165, 1.54) is 13.1 Å². The average molecular weight is 361 g/mol. The molecule has 27 heavy (non-hydrogen) atoms. The zero-order valence-corrected chi connectivity index (χ0v) is 14.8. The van der Waals surface area contributed by atoms with Crippen molar-refractivity contribution in [3.8, 4) is 0 Å². The van der Waals surface area contributed by atoms with E-state index in [2.05, 4.69) is 25.9 Å². The number of anilines is 3. The van der Waals surface area contributed by atoms with Gasteiger partial charge in [0.2, 0.25) is 5.91 Å². The highest BCUT2D eigenvalue weighted by atomic mass is 16.2. The van der Waals surface area contributed by atoms with Gasteiger partial charge in [0.05, 0.1) is 5.56 Å². The number of carbonyl (C=O) groups excluding carboxylic acids is 2. The fraction of sp³-hybridized carbons (Fsp3) is 0.100. The maximum Gasteiger partial charge on any atom is 0.253 e. The van der Waals surface area contributed by atoms with Crippen molar-refractivity contribution in [2.45, 2.75) is 13.5 Å². The van der Waals surface area contributed by atoms with Crippen molar-refractivity contribution < 1.29 is 9.59 Å². The van der Waals surface area contributed by atoms with Gasteiger partial charge in [-0.3, -0.25) is 14.6 Å². The molecule has 0 saturated carbocycles. The van der Waals surface area contributed by atoms with Crippen molar-refractivity contribution in [1.29, 1.82) is 0 Å². The number of amides is 2. The monoisotopic (exact) mass is 361 g/mol. The zero-order chi connectivity index (χ0) is 19.1. The molecule has 0 spiro atoms. The van der Waals surface area contributed by atoms with Crippen molar-refractivity contribution in [2.75, 3.05) is 10.6 Å². The van der Waals surface area contributed by atoms with E-state index in [9.17, 15) is 9.59 Å². The lowest BCUT2D eigenvalue weighted by Gasteiger charge is -2.09. The van der Waals surface area contributed by atoms with Crippen molar-refractivity contribution in [2.24, 2.45) is 0 Å². The molecule has 3 N–H and O–H groups in total. The van der Waals surface area contributed by atoms with E-state index in [0.717, 1.165) is 11.3 Å². The molecule has 3 rings (SSSR count). The molecule has 0 atom stereocenters. The van der Waals surface area contributed by atoms with Gasteiger partial charge in [-0.1, -0.05) is 6.07 Å². The van der Waals surface area contributed by atoms with Gasteiger partial charge < -0.3 is 16.0 Å². The number of pyridine rings is 2. The minimum Gasteiger partial charge on any atom is -0.348 e. The van der Waals surface area contributed by atoms with Gasteiger partial charge in [0.15, 0.2) is 0 Å². The Morgan fingerprint density at radius 3 is 2.48 bits per heavy atom. The van der Waals surface area contributed by atoms with Crippen LogP contribution in [0, 0.1) is 0 Å². The quantitative estimate of drug-likeness (QED) is 0.627. The molecule has 1 aromatic carbocycles. The maximum absolute atomic E-state index is 12.2. The molecule has 136 valence electrons. The van der Waals surface area contributed by atoms with Crippen LogP contribution in [0.25, 0.3) is 0 Å². The molecule has 7 nitrogen and oxygen atoms in total. The number of carbonyl (C=O) groups is 2. The summed E-state index contributed by atoms with van der Waals surface area (Å²) in [4.78, 5) is 31.6. The van der Waals surface area contributed by atoms with Gasteiger partial charge in [-0.2, -0.15) is 0 Å². The maximum atomic E-state index is 12.2. The largest absolute Gasteiger partial charge is 0.348 e. The van der Waals surface area contributed by atoms with Crippen LogP contribution in [0.1, 0.15) is 22.8 Å². The highest BCUT2D eigenvalue weighted by Crippen LogP contribution is 2.19. The third-order valence-corrected chi connectivity index (χ3v) is 3.68. The number of hydrogen-bond donors (Lipinski definition) is 3. The first-order chi connectivity index (χ1) is 13.1. The summed E-state index contributed by atoms with van der Waals surface area (Å²) >= 11 is 0. The van der Waals surface area contributed by atoms with Gasteiger partial charge in [0.1, 0.15) is 5.82 Å². The summed E-state index contributed by atoms with van der Waals surface area (Å²) in [6.45, 7) is 1.89. The number of hydrogen-bond acceptors (Lipinski definition) is 5. The van der Waals surface area contributed by atoms with Crippen LogP contribution >= 0.6 is 0 Å². The molecule has 7 heteroatoms. The summed E-state index contributed by atoms with van der Waals surface area (Å²) in [5, 5.41) is 8.71. The third-order valence-electron chi connectivity index (χ3n) is 3.68. The van der Waals surface area contributed by atoms with Crippen molar-refractivity contribution >= 4 is 29.0 Å². The Bertz CT molecular complexity index is 927. The Morgan fingerprint density at radius 2 is 1.78 bits per heavy atom. The number of nitrogens with one attached hydrogen (secondary N) is 3. The standard InChI is InChI=1S/C20H19N5O2/c1-14(26)24-17-3-2-4-18(11-17)25-19-6-5-16(13-22-19)20(27)23-12-15-7-9-21-10-8-15/h2-11,13H,12H2,1H3,(H,22,25)(H,23,27)(H,24,26). The molecular formula is C20H19N5O2. The van der Waals surface area contributed by atoms with E-state index >= 15 is 0 Å². The molecule has 0 bridgehead atoms. The molecule has 3 aromatic rings. The number of aromatic nitrogens is 2. The highest BCUT2D eigenvalue weighted by molar-refractivity contribution is 5.94. The van der Waals surface area contributed by atoms with Crippen LogP contribution < -0.4 is 16.0 Å². The SMILES string of the molecule is CC(=O)Nc1cccc(Nc2ccc(C(=O)NCc3ccncc3)cn2)c1. The Kier molecular flexibility index (Phi) is 5.73. The van der Waals surface area contributed by atoms with Crippen molar-refractivity contribution in [3.63, 3.8) is 0 Å². The fourth-order valence-corrected chi connectivity index (χ4v) is 2.41. The van der Waals surface area contributed by atoms with Crippen LogP contribution in [0.15, 0.2) is 67.1 Å². The van der Waals surface area contributed by atoms with Crippen LogP contribution in [0.2, 0.25) is 0 Å². The highest BCUT2D eigenvalue weighted by Gasteiger charge is 2.06. The smallest absolute Gasteiger partial charge is 0.253 e. The molecule has 0 aliphatic heterocycles. The average Bonchev–Trinajstić information content (AvgIpc) is 2.67. The first kappa shape index (κ1) is 18.1. The second kappa shape index (κ2) is 8.57. The molecule has 2 amide bonds. The summed E-state index contributed by atoms with van der Waals surface area (Å²) in [5.41, 5.74) is 2.92. The van der Waals surface area contributed by atoms with E-state index in [4.69, 9.17) is 0 Å². The van der Waals surface area contributed by atoms with Crippen LogP contribution in [-0.4, -0.2) is 21.8 Å². The van der Waals surface area contributed by atoms with E-state index in [0.29, 0.717) is 23.6 Å². The number of rotatable bonds is 6. The first-order valence-corrected chi connectivity index (χ1v) is 8.38. The third kappa shape index (κ3) is 5.37.